The van der Waals surface area contributed by atoms with E-state index in [9.17, 15) is 13.6 Å². The normalized spacial score (nSPS) is 10.7. The van der Waals surface area contributed by atoms with E-state index in [2.05, 4.69) is 0 Å². The van der Waals surface area contributed by atoms with Gasteiger partial charge in [-0.05, 0) is 30.3 Å². The number of halogens is 2. The van der Waals surface area contributed by atoms with Crippen LogP contribution in [0.3, 0.4) is 0 Å². The number of aromatic nitrogens is 1. The van der Waals surface area contributed by atoms with Gasteiger partial charge in [-0.1, -0.05) is 0 Å². The van der Waals surface area contributed by atoms with Crippen LogP contribution in [0.4, 0.5) is 8.78 Å². The molecule has 1 heterocycles. The number of hydrogen-bond acceptors (Lipinski definition) is 2. The summed E-state index contributed by atoms with van der Waals surface area (Å²) in [6.07, 6.45) is -1.45. The van der Waals surface area contributed by atoms with Crippen LogP contribution in [0.1, 0.15) is 12.0 Å². The van der Waals surface area contributed by atoms with Gasteiger partial charge in [0.2, 0.25) is 0 Å². The molecule has 5 heteroatoms. The van der Waals surface area contributed by atoms with Crippen molar-refractivity contribution < 1.29 is 13.5 Å². The van der Waals surface area contributed by atoms with Gasteiger partial charge in [-0.3, -0.25) is 9.36 Å². The highest BCUT2D eigenvalue weighted by Crippen LogP contribution is 2.19. The zero-order chi connectivity index (χ0) is 13.1. The number of hydrogen-bond donors (Lipinski definition) is 0. The third-order valence-corrected chi connectivity index (χ3v) is 2.54. The van der Waals surface area contributed by atoms with Crippen LogP contribution in [0.5, 0.6) is 5.75 Å². The number of benzene rings is 1. The molecule has 0 unspecified atom stereocenters. The van der Waals surface area contributed by atoms with Crippen LogP contribution < -0.4 is 10.3 Å². The largest absolute Gasteiger partial charge is 0.497 e. The predicted octanol–water partition coefficient (Wildman–Crippen LogP) is 2.78. The van der Waals surface area contributed by atoms with Crippen molar-refractivity contribution in [3.05, 3.63) is 58.5 Å². The van der Waals surface area contributed by atoms with Crippen LogP contribution in [-0.2, 0) is 0 Å². The van der Waals surface area contributed by atoms with Gasteiger partial charge in [-0.15, -0.1) is 0 Å². The Balaban J connectivity index is 2.48. The average molecular weight is 251 g/mol. The van der Waals surface area contributed by atoms with E-state index in [-0.39, 0.29) is 11.1 Å². The second kappa shape index (κ2) is 5.00. The lowest BCUT2D eigenvalue weighted by molar-refractivity contribution is 0.150. The van der Waals surface area contributed by atoms with E-state index < -0.39 is 6.43 Å². The Bertz CT molecular complexity index is 591. The van der Waals surface area contributed by atoms with Crippen LogP contribution in [0.2, 0.25) is 0 Å². The van der Waals surface area contributed by atoms with Gasteiger partial charge in [0.15, 0.2) is 0 Å². The lowest BCUT2D eigenvalue weighted by Gasteiger charge is -2.08. The summed E-state index contributed by atoms with van der Waals surface area (Å²) in [6, 6.07) is 8.86. The molecule has 0 amide bonds. The van der Waals surface area contributed by atoms with E-state index in [0.29, 0.717) is 11.4 Å². The molecule has 0 saturated carbocycles. The molecule has 0 aliphatic rings. The fourth-order valence-electron chi connectivity index (χ4n) is 1.58. The molecule has 18 heavy (non-hydrogen) atoms. The minimum absolute atomic E-state index is 0.189. The lowest BCUT2D eigenvalue weighted by Crippen LogP contribution is -2.17. The first-order chi connectivity index (χ1) is 8.61. The van der Waals surface area contributed by atoms with Gasteiger partial charge in [0.25, 0.3) is 12.0 Å². The first-order valence-electron chi connectivity index (χ1n) is 5.27. The molecule has 0 spiro atoms. The quantitative estimate of drug-likeness (QED) is 0.839. The van der Waals surface area contributed by atoms with E-state index in [1.54, 1.807) is 24.3 Å². The molecular formula is C13H11F2NO2. The van der Waals surface area contributed by atoms with Gasteiger partial charge in [-0.2, -0.15) is 0 Å². The molecule has 0 aliphatic carbocycles. The molecule has 2 rings (SSSR count). The minimum atomic E-state index is -2.60. The predicted molar refractivity (Wildman–Crippen MR) is 63.5 cm³/mol. The second-order valence-electron chi connectivity index (χ2n) is 3.67. The van der Waals surface area contributed by atoms with Crippen molar-refractivity contribution in [2.75, 3.05) is 7.11 Å². The Morgan fingerprint density at radius 3 is 2.33 bits per heavy atom. The molecule has 2 aromatic rings. The molecule has 94 valence electrons. The molecule has 0 N–H and O–H groups in total. The molecule has 3 nitrogen and oxygen atoms in total. The molecule has 0 saturated heterocycles. The zero-order valence-electron chi connectivity index (χ0n) is 9.64. The highest BCUT2D eigenvalue weighted by Gasteiger charge is 2.09. The van der Waals surface area contributed by atoms with Gasteiger partial charge in [0, 0.05) is 23.5 Å². The number of pyridine rings is 1. The van der Waals surface area contributed by atoms with Crippen LogP contribution in [-0.4, -0.2) is 11.7 Å². The van der Waals surface area contributed by atoms with Crippen molar-refractivity contribution in [2.45, 2.75) is 6.43 Å². The van der Waals surface area contributed by atoms with Gasteiger partial charge in [-0.25, -0.2) is 8.78 Å². The lowest BCUT2D eigenvalue weighted by atomic mass is 10.2. The van der Waals surface area contributed by atoms with Crippen molar-refractivity contribution >= 4 is 0 Å². The molecule has 0 atom stereocenters. The maximum absolute atomic E-state index is 12.6. The molecule has 0 fully saturated rings. The van der Waals surface area contributed by atoms with Gasteiger partial charge in [0.05, 0.1) is 7.11 Å². The monoisotopic (exact) mass is 251 g/mol. The van der Waals surface area contributed by atoms with Crippen LogP contribution >= 0.6 is 0 Å². The van der Waals surface area contributed by atoms with Crippen molar-refractivity contribution in [3.63, 3.8) is 0 Å². The SMILES string of the molecule is COc1ccc(-n2cc(C(F)F)ccc2=O)cc1. The standard InChI is InChI=1S/C13H11F2NO2/c1-18-11-5-3-10(4-6-11)16-8-9(13(14)15)2-7-12(16)17/h2-8,13H,1H3. The highest BCUT2D eigenvalue weighted by molar-refractivity contribution is 5.38. The Morgan fingerprint density at radius 2 is 1.78 bits per heavy atom. The molecule has 1 aromatic carbocycles. The fourth-order valence-corrected chi connectivity index (χ4v) is 1.58. The molecular weight excluding hydrogens is 240 g/mol. The fraction of sp³-hybridized carbons (Fsp3) is 0.154. The van der Waals surface area contributed by atoms with E-state index in [1.165, 1.54) is 11.7 Å². The number of rotatable bonds is 3. The van der Waals surface area contributed by atoms with Gasteiger partial charge in [0.1, 0.15) is 5.75 Å². The summed E-state index contributed by atoms with van der Waals surface area (Å²) in [5.74, 6) is 0.636. The zero-order valence-corrected chi connectivity index (χ0v) is 9.64. The highest BCUT2D eigenvalue weighted by atomic mass is 19.3. The van der Waals surface area contributed by atoms with E-state index in [1.807, 2.05) is 0 Å². The van der Waals surface area contributed by atoms with Crippen molar-refractivity contribution in [2.24, 2.45) is 0 Å². The Morgan fingerprint density at radius 1 is 1.11 bits per heavy atom. The average Bonchev–Trinajstić information content (AvgIpc) is 2.39. The minimum Gasteiger partial charge on any atom is -0.497 e. The summed E-state index contributed by atoms with van der Waals surface area (Å²) in [6.45, 7) is 0. The number of alkyl halides is 2. The molecule has 0 aliphatic heterocycles. The third-order valence-electron chi connectivity index (χ3n) is 2.54. The molecule has 0 bridgehead atoms. The summed E-state index contributed by atoms with van der Waals surface area (Å²) < 4.78 is 31.3. The van der Waals surface area contributed by atoms with Gasteiger partial charge < -0.3 is 4.74 Å². The van der Waals surface area contributed by atoms with E-state index in [0.717, 1.165) is 18.3 Å². The second-order valence-corrected chi connectivity index (χ2v) is 3.67. The van der Waals surface area contributed by atoms with E-state index in [4.69, 9.17) is 4.74 Å². The summed E-state index contributed by atoms with van der Waals surface area (Å²) >= 11 is 0. The first-order valence-corrected chi connectivity index (χ1v) is 5.27. The summed E-state index contributed by atoms with van der Waals surface area (Å²) in [4.78, 5) is 11.6. The van der Waals surface area contributed by atoms with Crippen molar-refractivity contribution in [1.29, 1.82) is 0 Å². The maximum atomic E-state index is 12.6. The van der Waals surface area contributed by atoms with Crippen molar-refractivity contribution in [3.8, 4) is 11.4 Å². The number of methoxy groups -OCH3 is 1. The smallest absolute Gasteiger partial charge is 0.265 e. The van der Waals surface area contributed by atoms with Crippen LogP contribution in [0, 0.1) is 0 Å². The third kappa shape index (κ3) is 2.40. The Kier molecular flexibility index (Phi) is 3.41. The Hall–Kier alpha value is -2.17. The topological polar surface area (TPSA) is 31.2 Å². The van der Waals surface area contributed by atoms with Crippen LogP contribution in [0.25, 0.3) is 5.69 Å². The number of nitrogens with zero attached hydrogens (tertiary/aromatic N) is 1. The molecule has 1 aromatic heterocycles. The van der Waals surface area contributed by atoms with Crippen molar-refractivity contribution in [1.82, 2.24) is 4.57 Å². The Labute approximate surface area is 102 Å². The maximum Gasteiger partial charge on any atom is 0.265 e. The number of ether oxygens (including phenoxy) is 1. The summed E-state index contributed by atoms with van der Waals surface area (Å²) in [5.41, 5.74) is -0.0294. The van der Waals surface area contributed by atoms with Crippen LogP contribution in [0.15, 0.2) is 47.4 Å². The van der Waals surface area contributed by atoms with E-state index >= 15 is 0 Å². The summed E-state index contributed by atoms with van der Waals surface area (Å²) in [5, 5.41) is 0. The first kappa shape index (κ1) is 12.3. The van der Waals surface area contributed by atoms with Gasteiger partial charge >= 0.3 is 0 Å². The molecule has 0 radical (unpaired) electrons. The summed E-state index contributed by atoms with van der Waals surface area (Å²) in [7, 11) is 1.53.